The summed E-state index contributed by atoms with van der Waals surface area (Å²) in [5.74, 6) is 1.40. The second-order valence-corrected chi connectivity index (χ2v) is 6.53. The van der Waals surface area contributed by atoms with Gasteiger partial charge in [0.25, 0.3) is 0 Å². The minimum Gasteiger partial charge on any atom is -0.352 e. The van der Waals surface area contributed by atoms with Crippen LogP contribution in [0.4, 0.5) is 5.82 Å². The van der Waals surface area contributed by atoms with Gasteiger partial charge >= 0.3 is 0 Å². The molecule has 5 nitrogen and oxygen atoms in total. The second-order valence-electron chi connectivity index (χ2n) is 5.61. The Hall–Kier alpha value is -1.69. The maximum absolute atomic E-state index is 12.3. The molecule has 5 heterocycles. The molecule has 0 aromatic carbocycles. The van der Waals surface area contributed by atoms with Crippen molar-refractivity contribution in [3.63, 3.8) is 0 Å². The van der Waals surface area contributed by atoms with E-state index >= 15 is 0 Å². The van der Waals surface area contributed by atoms with E-state index in [4.69, 9.17) is 0 Å². The van der Waals surface area contributed by atoms with E-state index in [-0.39, 0.29) is 5.92 Å². The quantitative estimate of drug-likeness (QED) is 0.802. The van der Waals surface area contributed by atoms with Crippen molar-refractivity contribution in [2.45, 2.75) is 18.9 Å². The highest BCUT2D eigenvalue weighted by Gasteiger charge is 2.39. The van der Waals surface area contributed by atoms with Gasteiger partial charge < -0.3 is 9.80 Å². The van der Waals surface area contributed by atoms with Crippen molar-refractivity contribution < 1.29 is 4.79 Å². The largest absolute Gasteiger partial charge is 0.352 e. The first-order valence-electron chi connectivity index (χ1n) is 6.94. The van der Waals surface area contributed by atoms with Crippen molar-refractivity contribution in [1.82, 2.24) is 14.9 Å². The third-order valence-electron chi connectivity index (χ3n) is 4.49. The lowest BCUT2D eigenvalue weighted by molar-refractivity contribution is -0.138. The van der Waals surface area contributed by atoms with E-state index in [0.29, 0.717) is 11.9 Å². The minimum absolute atomic E-state index is 0.115. The third kappa shape index (κ3) is 1.71. The highest BCUT2D eigenvalue weighted by molar-refractivity contribution is 7.17. The summed E-state index contributed by atoms with van der Waals surface area (Å²) >= 11 is 1.67. The average molecular weight is 288 g/mol. The van der Waals surface area contributed by atoms with E-state index in [1.54, 1.807) is 17.7 Å². The number of aromatic nitrogens is 2. The molecule has 0 radical (unpaired) electrons. The molecule has 3 aliphatic heterocycles. The van der Waals surface area contributed by atoms with Crippen molar-refractivity contribution in [1.29, 1.82) is 0 Å². The number of rotatable bonds is 1. The first-order chi connectivity index (χ1) is 9.74. The Morgan fingerprint density at radius 2 is 2.20 bits per heavy atom. The van der Waals surface area contributed by atoms with Gasteiger partial charge in [0.15, 0.2) is 0 Å². The summed E-state index contributed by atoms with van der Waals surface area (Å²) < 4.78 is 1.13. The molecular formula is C14H16N4OS. The molecule has 0 spiro atoms. The number of piperidine rings is 1. The molecule has 3 saturated heterocycles. The molecule has 0 unspecified atom stereocenters. The summed E-state index contributed by atoms with van der Waals surface area (Å²) in [5, 5.41) is 2.05. The summed E-state index contributed by atoms with van der Waals surface area (Å²) in [6.45, 7) is 1.66. The van der Waals surface area contributed by atoms with E-state index in [9.17, 15) is 4.79 Å². The van der Waals surface area contributed by atoms with Crippen LogP contribution in [-0.2, 0) is 4.79 Å². The van der Waals surface area contributed by atoms with Gasteiger partial charge in [-0.05, 0) is 24.3 Å². The lowest BCUT2D eigenvalue weighted by Gasteiger charge is -2.32. The number of amides is 1. The monoisotopic (exact) mass is 288 g/mol. The fraction of sp³-hybridized carbons (Fsp3) is 0.500. The Labute approximate surface area is 121 Å². The summed E-state index contributed by atoms with van der Waals surface area (Å²) in [6, 6.07) is 2.33. The van der Waals surface area contributed by atoms with Gasteiger partial charge in [-0.15, -0.1) is 11.3 Å². The minimum atomic E-state index is 0.115. The SMILES string of the molecule is CN1C(=O)[C@@H]2CC[C@H]1CN(c1ncnc3ccsc13)C2. The van der Waals surface area contributed by atoms with E-state index in [2.05, 4.69) is 14.9 Å². The van der Waals surface area contributed by atoms with Crippen LogP contribution in [0.5, 0.6) is 0 Å². The molecule has 0 N–H and O–H groups in total. The molecule has 2 bridgehead atoms. The van der Waals surface area contributed by atoms with Crippen molar-refractivity contribution in [3.05, 3.63) is 17.8 Å². The molecule has 104 valence electrons. The predicted molar refractivity (Wildman–Crippen MR) is 78.9 cm³/mol. The highest BCUT2D eigenvalue weighted by atomic mass is 32.1. The molecular weight excluding hydrogens is 272 g/mol. The van der Waals surface area contributed by atoms with Crippen molar-refractivity contribution >= 4 is 33.3 Å². The van der Waals surface area contributed by atoms with Gasteiger partial charge in [0.05, 0.1) is 16.1 Å². The van der Waals surface area contributed by atoms with Gasteiger partial charge in [-0.25, -0.2) is 9.97 Å². The number of thiophene rings is 1. The fourth-order valence-electron chi connectivity index (χ4n) is 3.33. The molecule has 5 rings (SSSR count). The maximum Gasteiger partial charge on any atom is 0.227 e. The standard InChI is InChI=1S/C14H16N4OS/c1-17-10-3-2-9(14(17)19)6-18(7-10)13-12-11(4-5-20-12)15-8-16-13/h4-5,8-10H,2-3,6-7H2,1H3/t9-,10+/m1/s1. The van der Waals surface area contributed by atoms with Crippen LogP contribution in [0.25, 0.3) is 10.2 Å². The second kappa shape index (κ2) is 4.41. The van der Waals surface area contributed by atoms with Gasteiger partial charge in [-0.2, -0.15) is 0 Å². The molecule has 1 amide bonds. The van der Waals surface area contributed by atoms with Crippen LogP contribution in [-0.4, -0.2) is 47.0 Å². The summed E-state index contributed by atoms with van der Waals surface area (Å²) in [5.41, 5.74) is 0.997. The highest BCUT2D eigenvalue weighted by Crippen LogP contribution is 2.34. The molecule has 6 heteroatoms. The number of anilines is 1. The molecule has 2 atom stereocenters. The number of carbonyl (C=O) groups excluding carboxylic acids is 1. The predicted octanol–water partition coefficient (Wildman–Crippen LogP) is 1.75. The van der Waals surface area contributed by atoms with Crippen LogP contribution in [0.1, 0.15) is 12.8 Å². The number of likely N-dealkylation sites (N-methyl/N-ethyl adjacent to an activating group) is 1. The van der Waals surface area contributed by atoms with Gasteiger partial charge in [0.1, 0.15) is 12.1 Å². The molecule has 3 fully saturated rings. The topological polar surface area (TPSA) is 49.3 Å². The van der Waals surface area contributed by atoms with Crippen molar-refractivity contribution in [2.24, 2.45) is 5.92 Å². The molecule has 2 aromatic heterocycles. The number of fused-ring (bicyclic) bond motifs is 5. The number of carbonyl (C=O) groups is 1. The molecule has 20 heavy (non-hydrogen) atoms. The number of hydrogen-bond acceptors (Lipinski definition) is 5. The lowest BCUT2D eigenvalue weighted by atomic mass is 9.95. The van der Waals surface area contributed by atoms with Gasteiger partial charge in [0, 0.05) is 26.2 Å². The maximum atomic E-state index is 12.3. The first-order valence-corrected chi connectivity index (χ1v) is 7.82. The zero-order valence-corrected chi connectivity index (χ0v) is 12.1. The van der Waals surface area contributed by atoms with E-state index in [1.165, 1.54) is 0 Å². The van der Waals surface area contributed by atoms with Crippen molar-refractivity contribution in [3.8, 4) is 0 Å². The molecule has 0 aliphatic carbocycles. The van der Waals surface area contributed by atoms with Crippen LogP contribution in [0, 0.1) is 5.92 Å². The zero-order valence-electron chi connectivity index (χ0n) is 11.3. The Morgan fingerprint density at radius 1 is 1.30 bits per heavy atom. The van der Waals surface area contributed by atoms with Crippen LogP contribution in [0.2, 0.25) is 0 Å². The van der Waals surface area contributed by atoms with Crippen LogP contribution < -0.4 is 4.90 Å². The van der Waals surface area contributed by atoms with E-state index in [0.717, 1.165) is 42.0 Å². The van der Waals surface area contributed by atoms with Gasteiger partial charge in [-0.1, -0.05) is 0 Å². The van der Waals surface area contributed by atoms with Gasteiger partial charge in [-0.3, -0.25) is 4.79 Å². The van der Waals surface area contributed by atoms with Crippen LogP contribution >= 0.6 is 11.3 Å². The fourth-order valence-corrected chi connectivity index (χ4v) is 4.19. The summed E-state index contributed by atoms with van der Waals surface area (Å²) in [6.07, 6.45) is 3.73. The molecule has 3 aliphatic rings. The van der Waals surface area contributed by atoms with Crippen LogP contribution in [0.3, 0.4) is 0 Å². The Morgan fingerprint density at radius 3 is 3.10 bits per heavy atom. The summed E-state index contributed by atoms with van der Waals surface area (Å²) in [7, 11) is 1.93. The zero-order chi connectivity index (χ0) is 13.7. The van der Waals surface area contributed by atoms with E-state index in [1.807, 2.05) is 23.4 Å². The molecule has 0 saturated carbocycles. The Bertz CT molecular complexity index is 670. The number of hydrogen-bond donors (Lipinski definition) is 0. The van der Waals surface area contributed by atoms with E-state index < -0.39 is 0 Å². The summed E-state index contributed by atoms with van der Waals surface area (Å²) in [4.78, 5) is 25.3. The van der Waals surface area contributed by atoms with Crippen molar-refractivity contribution in [2.75, 3.05) is 25.0 Å². The first kappa shape index (κ1) is 12.1. The van der Waals surface area contributed by atoms with Gasteiger partial charge in [0.2, 0.25) is 5.91 Å². The Balaban J connectivity index is 1.76. The normalized spacial score (nSPS) is 26.4. The lowest BCUT2D eigenvalue weighted by Crippen LogP contribution is -2.45. The number of nitrogens with zero attached hydrogens (tertiary/aromatic N) is 4. The Kier molecular flexibility index (Phi) is 2.66. The average Bonchev–Trinajstić information content (AvgIpc) is 2.79. The molecule has 2 aromatic rings. The smallest absolute Gasteiger partial charge is 0.227 e. The van der Waals surface area contributed by atoms with Crippen LogP contribution in [0.15, 0.2) is 17.8 Å². The third-order valence-corrected chi connectivity index (χ3v) is 5.39.